The van der Waals surface area contributed by atoms with Crippen LogP contribution < -0.4 is 9.80 Å². The lowest BCUT2D eigenvalue weighted by atomic mass is 10.2. The molecule has 1 saturated carbocycles. The summed E-state index contributed by atoms with van der Waals surface area (Å²) < 4.78 is 14.7. The Balaban J connectivity index is 1.38. The van der Waals surface area contributed by atoms with Gasteiger partial charge in [-0.15, -0.1) is 0 Å². The predicted octanol–water partition coefficient (Wildman–Crippen LogP) is 3.38. The number of halogens is 1. The molecule has 6 nitrogen and oxygen atoms in total. The number of rotatable bonds is 3. The van der Waals surface area contributed by atoms with E-state index in [0.29, 0.717) is 30.5 Å². The molecule has 0 spiro atoms. The van der Waals surface area contributed by atoms with Crippen LogP contribution in [0.4, 0.5) is 16.0 Å². The van der Waals surface area contributed by atoms with Gasteiger partial charge in [-0.25, -0.2) is 24.3 Å². The SMILES string of the molecule is Cc1nc2ccccc2nc1N1CCN(c2nc(C3CC3)nc(C)c2F)CC1. The molecule has 1 aliphatic heterocycles. The van der Waals surface area contributed by atoms with Crippen molar-refractivity contribution in [2.45, 2.75) is 32.6 Å². The molecule has 2 aromatic heterocycles. The lowest BCUT2D eigenvalue weighted by molar-refractivity contribution is 0.568. The van der Waals surface area contributed by atoms with Gasteiger partial charge in [0, 0.05) is 32.1 Å². The van der Waals surface area contributed by atoms with Gasteiger partial charge in [0.15, 0.2) is 17.5 Å². The summed E-state index contributed by atoms with van der Waals surface area (Å²) in [5.74, 6) is 2.29. The molecule has 2 fully saturated rings. The first kappa shape index (κ1) is 17.3. The second-order valence-electron chi connectivity index (χ2n) is 7.67. The van der Waals surface area contributed by atoms with E-state index in [1.165, 1.54) is 0 Å². The Kier molecular flexibility index (Phi) is 4.10. The molecule has 3 heterocycles. The van der Waals surface area contributed by atoms with Gasteiger partial charge < -0.3 is 9.80 Å². The molecular weight excluding hydrogens is 355 g/mol. The molecule has 1 aliphatic carbocycles. The molecule has 0 amide bonds. The zero-order valence-corrected chi connectivity index (χ0v) is 16.2. The van der Waals surface area contributed by atoms with Crippen LogP contribution in [-0.2, 0) is 0 Å². The smallest absolute Gasteiger partial charge is 0.186 e. The molecule has 144 valence electrons. The summed E-state index contributed by atoms with van der Waals surface area (Å²) in [5.41, 5.74) is 3.18. The maximum atomic E-state index is 14.7. The highest BCUT2D eigenvalue weighted by molar-refractivity contribution is 5.76. The van der Waals surface area contributed by atoms with E-state index in [9.17, 15) is 4.39 Å². The van der Waals surface area contributed by atoms with Gasteiger partial charge in [0.2, 0.25) is 0 Å². The van der Waals surface area contributed by atoms with Crippen LogP contribution in [0.25, 0.3) is 11.0 Å². The van der Waals surface area contributed by atoms with Crippen molar-refractivity contribution >= 4 is 22.7 Å². The van der Waals surface area contributed by atoms with E-state index in [1.54, 1.807) is 6.92 Å². The maximum absolute atomic E-state index is 14.7. The summed E-state index contributed by atoms with van der Waals surface area (Å²) in [6, 6.07) is 7.92. The summed E-state index contributed by atoms with van der Waals surface area (Å²) in [7, 11) is 0. The molecule has 1 saturated heterocycles. The molecule has 0 radical (unpaired) electrons. The van der Waals surface area contributed by atoms with E-state index in [2.05, 4.69) is 14.9 Å². The van der Waals surface area contributed by atoms with E-state index in [0.717, 1.165) is 54.3 Å². The topological polar surface area (TPSA) is 58.0 Å². The molecule has 0 atom stereocenters. The summed E-state index contributed by atoms with van der Waals surface area (Å²) in [6.07, 6.45) is 2.22. The molecular formula is C21H23FN6. The zero-order chi connectivity index (χ0) is 19.3. The van der Waals surface area contributed by atoms with Gasteiger partial charge >= 0.3 is 0 Å². The Morgan fingerprint density at radius 2 is 1.39 bits per heavy atom. The monoisotopic (exact) mass is 378 g/mol. The first-order valence-electron chi connectivity index (χ1n) is 9.87. The van der Waals surface area contributed by atoms with Crippen molar-refractivity contribution in [1.82, 2.24) is 19.9 Å². The molecule has 0 N–H and O–H groups in total. The van der Waals surface area contributed by atoms with Crippen molar-refractivity contribution in [2.75, 3.05) is 36.0 Å². The van der Waals surface area contributed by atoms with Crippen molar-refractivity contribution < 1.29 is 4.39 Å². The summed E-state index contributed by atoms with van der Waals surface area (Å²) in [5, 5.41) is 0. The molecule has 7 heteroatoms. The van der Waals surface area contributed by atoms with Crippen molar-refractivity contribution in [3.8, 4) is 0 Å². The number of para-hydroxylation sites is 2. The molecule has 2 aliphatic rings. The standard InChI is InChI=1S/C21H23FN6/c1-13-18(22)21(26-19(24-13)15-7-8-15)28-11-9-27(10-12-28)20-14(2)23-16-5-3-4-6-17(16)25-20/h3-6,15H,7-12H2,1-2H3. The number of piperazine rings is 1. The van der Waals surface area contributed by atoms with E-state index in [-0.39, 0.29) is 5.82 Å². The molecule has 0 bridgehead atoms. The molecule has 1 aromatic carbocycles. The number of anilines is 2. The minimum atomic E-state index is -0.292. The van der Waals surface area contributed by atoms with E-state index in [1.807, 2.05) is 36.1 Å². The van der Waals surface area contributed by atoms with Gasteiger partial charge in [-0.05, 0) is 38.8 Å². The number of aromatic nitrogens is 4. The lowest BCUT2D eigenvalue weighted by Gasteiger charge is -2.36. The van der Waals surface area contributed by atoms with Crippen molar-refractivity contribution in [2.24, 2.45) is 0 Å². The predicted molar refractivity (Wildman–Crippen MR) is 107 cm³/mol. The number of aryl methyl sites for hydroxylation is 2. The normalized spacial score (nSPS) is 17.4. The second kappa shape index (κ2) is 6.65. The summed E-state index contributed by atoms with van der Waals surface area (Å²) in [4.78, 5) is 22.7. The number of hydrogen-bond donors (Lipinski definition) is 0. The first-order valence-corrected chi connectivity index (χ1v) is 9.87. The summed E-state index contributed by atoms with van der Waals surface area (Å²) >= 11 is 0. The molecule has 5 rings (SSSR count). The Bertz CT molecular complexity index is 1040. The van der Waals surface area contributed by atoms with Crippen LogP contribution in [0, 0.1) is 19.7 Å². The fourth-order valence-corrected chi connectivity index (χ4v) is 3.81. The minimum absolute atomic E-state index is 0.292. The van der Waals surface area contributed by atoms with Crippen molar-refractivity contribution in [1.29, 1.82) is 0 Å². The van der Waals surface area contributed by atoms with Crippen molar-refractivity contribution in [3.05, 3.63) is 47.3 Å². The average Bonchev–Trinajstić information content (AvgIpc) is 3.55. The first-order chi connectivity index (χ1) is 13.6. The Morgan fingerprint density at radius 1 is 0.786 bits per heavy atom. The van der Waals surface area contributed by atoms with Gasteiger partial charge in [0.25, 0.3) is 0 Å². The third-order valence-corrected chi connectivity index (χ3v) is 5.56. The molecule has 0 unspecified atom stereocenters. The summed E-state index contributed by atoms with van der Waals surface area (Å²) in [6.45, 7) is 6.65. The largest absolute Gasteiger partial charge is 0.352 e. The van der Waals surface area contributed by atoms with E-state index < -0.39 is 0 Å². The van der Waals surface area contributed by atoms with Gasteiger partial charge in [-0.1, -0.05) is 12.1 Å². The van der Waals surface area contributed by atoms with E-state index >= 15 is 0 Å². The van der Waals surface area contributed by atoms with E-state index in [4.69, 9.17) is 9.97 Å². The highest BCUT2D eigenvalue weighted by Crippen LogP contribution is 2.39. The van der Waals surface area contributed by atoms with Gasteiger partial charge in [0.1, 0.15) is 5.82 Å². The number of fused-ring (bicyclic) bond motifs is 1. The average molecular weight is 378 g/mol. The van der Waals surface area contributed by atoms with Gasteiger partial charge in [0.05, 0.1) is 22.4 Å². The Hall–Kier alpha value is -2.83. The van der Waals surface area contributed by atoms with Crippen LogP contribution in [0.1, 0.15) is 36.0 Å². The third kappa shape index (κ3) is 3.04. The number of benzene rings is 1. The van der Waals surface area contributed by atoms with Gasteiger partial charge in [-0.3, -0.25) is 0 Å². The fourth-order valence-electron chi connectivity index (χ4n) is 3.81. The van der Waals surface area contributed by atoms with Crippen LogP contribution in [0.3, 0.4) is 0 Å². The second-order valence-corrected chi connectivity index (χ2v) is 7.67. The van der Waals surface area contributed by atoms with Crippen LogP contribution in [0.15, 0.2) is 24.3 Å². The number of hydrogen-bond acceptors (Lipinski definition) is 6. The van der Waals surface area contributed by atoms with Crippen LogP contribution in [0.5, 0.6) is 0 Å². The lowest BCUT2D eigenvalue weighted by Crippen LogP contribution is -2.47. The highest BCUT2D eigenvalue weighted by Gasteiger charge is 2.30. The molecule has 3 aromatic rings. The highest BCUT2D eigenvalue weighted by atomic mass is 19.1. The minimum Gasteiger partial charge on any atom is -0.352 e. The van der Waals surface area contributed by atoms with Crippen LogP contribution in [-0.4, -0.2) is 46.1 Å². The number of nitrogens with zero attached hydrogens (tertiary/aromatic N) is 6. The molecule has 28 heavy (non-hydrogen) atoms. The quantitative estimate of drug-likeness (QED) is 0.696. The maximum Gasteiger partial charge on any atom is 0.186 e. The van der Waals surface area contributed by atoms with Crippen molar-refractivity contribution in [3.63, 3.8) is 0 Å². The Morgan fingerprint density at radius 3 is 2.04 bits per heavy atom. The Labute approximate surface area is 163 Å². The van der Waals surface area contributed by atoms with Crippen LogP contribution >= 0.6 is 0 Å². The fraction of sp³-hybridized carbons (Fsp3) is 0.429. The van der Waals surface area contributed by atoms with Crippen LogP contribution in [0.2, 0.25) is 0 Å². The van der Waals surface area contributed by atoms with Gasteiger partial charge in [-0.2, -0.15) is 0 Å². The zero-order valence-electron chi connectivity index (χ0n) is 16.2. The third-order valence-electron chi connectivity index (χ3n) is 5.56.